The van der Waals surface area contributed by atoms with Gasteiger partial charge in [0.15, 0.2) is 0 Å². The maximum Gasteiger partial charge on any atom is 0.327 e. The Morgan fingerprint density at radius 2 is 1.81 bits per heavy atom. The molecule has 110 valence electrons. The molecule has 0 spiro atoms. The summed E-state index contributed by atoms with van der Waals surface area (Å²) in [5, 5.41) is 3.90. The lowest BCUT2D eigenvalue weighted by Crippen LogP contribution is -2.30. The van der Waals surface area contributed by atoms with Crippen molar-refractivity contribution in [1.29, 1.82) is 0 Å². The predicted molar refractivity (Wildman–Crippen MR) is 84.1 cm³/mol. The van der Waals surface area contributed by atoms with E-state index in [-0.39, 0.29) is 5.97 Å². The Balaban J connectivity index is 2.13. The minimum atomic E-state index is -0.498. The van der Waals surface area contributed by atoms with Crippen LogP contribution in [0.3, 0.4) is 0 Å². The normalized spacial score (nSPS) is 11.9. The van der Waals surface area contributed by atoms with Crippen LogP contribution in [0.2, 0.25) is 5.02 Å². The van der Waals surface area contributed by atoms with Crippen molar-refractivity contribution in [1.82, 2.24) is 5.32 Å². The molecule has 0 aliphatic carbocycles. The summed E-state index contributed by atoms with van der Waals surface area (Å²) < 4.78 is 5.14. The highest BCUT2D eigenvalue weighted by atomic mass is 35.5. The Labute approximate surface area is 129 Å². The molecule has 2 aromatic carbocycles. The van der Waals surface area contributed by atoms with Gasteiger partial charge in [0.1, 0.15) is 6.04 Å². The third kappa shape index (κ3) is 4.31. The van der Waals surface area contributed by atoms with Gasteiger partial charge in [-0.3, -0.25) is 5.32 Å². The third-order valence-electron chi connectivity index (χ3n) is 3.11. The number of esters is 1. The monoisotopic (exact) mass is 303 g/mol. The Kier molecular flexibility index (Phi) is 5.78. The molecule has 21 heavy (non-hydrogen) atoms. The van der Waals surface area contributed by atoms with Gasteiger partial charge in [0.2, 0.25) is 0 Å². The summed E-state index contributed by atoms with van der Waals surface area (Å²) in [5.41, 5.74) is 1.83. The van der Waals surface area contributed by atoms with Gasteiger partial charge in [0.25, 0.3) is 0 Å². The zero-order chi connectivity index (χ0) is 15.1. The summed E-state index contributed by atoms with van der Waals surface area (Å²) in [7, 11) is 0. The highest BCUT2D eigenvalue weighted by molar-refractivity contribution is 6.31. The van der Waals surface area contributed by atoms with E-state index in [0.717, 1.165) is 11.1 Å². The van der Waals surface area contributed by atoms with Crippen molar-refractivity contribution < 1.29 is 9.53 Å². The van der Waals surface area contributed by atoms with Crippen molar-refractivity contribution in [2.24, 2.45) is 0 Å². The summed E-state index contributed by atoms with van der Waals surface area (Å²) in [6.07, 6.45) is 0. The van der Waals surface area contributed by atoms with Crippen molar-refractivity contribution in [3.8, 4) is 0 Å². The second-order valence-electron chi connectivity index (χ2n) is 4.57. The van der Waals surface area contributed by atoms with E-state index in [9.17, 15) is 4.79 Å². The molecular formula is C17H18ClNO2. The molecule has 0 aliphatic rings. The average Bonchev–Trinajstić information content (AvgIpc) is 2.50. The summed E-state index contributed by atoms with van der Waals surface area (Å²) in [6, 6.07) is 16.6. The number of carbonyl (C=O) groups is 1. The van der Waals surface area contributed by atoms with Gasteiger partial charge >= 0.3 is 5.97 Å². The fourth-order valence-electron chi connectivity index (χ4n) is 2.06. The molecule has 2 aromatic rings. The molecule has 1 unspecified atom stereocenters. The molecule has 0 saturated heterocycles. The van der Waals surface area contributed by atoms with Crippen molar-refractivity contribution >= 4 is 17.6 Å². The SMILES string of the molecule is CCOC(=O)C(NCc1ccccc1Cl)c1ccccc1. The fraction of sp³-hybridized carbons (Fsp3) is 0.235. The summed E-state index contributed by atoms with van der Waals surface area (Å²) in [5.74, 6) is -0.282. The molecular weight excluding hydrogens is 286 g/mol. The second kappa shape index (κ2) is 7.81. The maximum atomic E-state index is 12.1. The summed E-state index contributed by atoms with van der Waals surface area (Å²) >= 11 is 6.14. The highest BCUT2D eigenvalue weighted by Crippen LogP contribution is 2.18. The number of rotatable bonds is 6. The molecule has 3 nitrogen and oxygen atoms in total. The number of hydrogen-bond acceptors (Lipinski definition) is 3. The van der Waals surface area contributed by atoms with Crippen molar-refractivity contribution in [2.45, 2.75) is 19.5 Å². The van der Waals surface area contributed by atoms with Gasteiger partial charge in [-0.2, -0.15) is 0 Å². The minimum Gasteiger partial charge on any atom is -0.465 e. The quantitative estimate of drug-likeness (QED) is 0.826. The molecule has 0 fully saturated rings. The van der Waals surface area contributed by atoms with Gasteiger partial charge < -0.3 is 4.74 Å². The summed E-state index contributed by atoms with van der Waals surface area (Å²) in [4.78, 5) is 12.1. The standard InChI is InChI=1S/C17H18ClNO2/c1-2-21-17(20)16(13-8-4-3-5-9-13)19-12-14-10-6-7-11-15(14)18/h3-11,16,19H,2,12H2,1H3. The Bertz CT molecular complexity index is 586. The number of nitrogens with one attached hydrogen (secondary N) is 1. The van der Waals surface area contributed by atoms with Crippen LogP contribution >= 0.6 is 11.6 Å². The van der Waals surface area contributed by atoms with Gasteiger partial charge in [-0.05, 0) is 24.1 Å². The first-order valence-electron chi connectivity index (χ1n) is 6.90. The molecule has 4 heteroatoms. The average molecular weight is 304 g/mol. The van der Waals surface area contributed by atoms with E-state index in [1.165, 1.54) is 0 Å². The minimum absolute atomic E-state index is 0.282. The Hall–Kier alpha value is -1.84. The van der Waals surface area contributed by atoms with E-state index >= 15 is 0 Å². The topological polar surface area (TPSA) is 38.3 Å². The fourth-order valence-corrected chi connectivity index (χ4v) is 2.26. The first kappa shape index (κ1) is 15.5. The molecule has 0 saturated carbocycles. The van der Waals surface area contributed by atoms with E-state index in [2.05, 4.69) is 5.32 Å². The van der Waals surface area contributed by atoms with Gasteiger partial charge in [0.05, 0.1) is 6.61 Å². The number of ether oxygens (including phenoxy) is 1. The van der Waals surface area contributed by atoms with Crippen molar-refractivity contribution in [3.63, 3.8) is 0 Å². The van der Waals surface area contributed by atoms with Crippen LogP contribution < -0.4 is 5.32 Å². The van der Waals surface area contributed by atoms with E-state index in [1.54, 1.807) is 6.92 Å². The van der Waals surface area contributed by atoms with Crippen LogP contribution in [0.1, 0.15) is 24.1 Å². The molecule has 0 amide bonds. The molecule has 0 aliphatic heterocycles. The molecule has 0 heterocycles. The van der Waals surface area contributed by atoms with Gasteiger partial charge in [-0.15, -0.1) is 0 Å². The smallest absolute Gasteiger partial charge is 0.327 e. The van der Waals surface area contributed by atoms with E-state index in [1.807, 2.05) is 54.6 Å². The molecule has 2 rings (SSSR count). The van der Waals surface area contributed by atoms with Crippen LogP contribution in [0, 0.1) is 0 Å². The lowest BCUT2D eigenvalue weighted by atomic mass is 10.1. The number of benzene rings is 2. The molecule has 1 N–H and O–H groups in total. The van der Waals surface area contributed by atoms with Crippen LogP contribution in [0.4, 0.5) is 0 Å². The van der Waals surface area contributed by atoms with E-state index in [0.29, 0.717) is 18.2 Å². The maximum absolute atomic E-state index is 12.1. The van der Waals surface area contributed by atoms with Gasteiger partial charge in [0, 0.05) is 11.6 Å². The van der Waals surface area contributed by atoms with Crippen LogP contribution in [-0.2, 0) is 16.1 Å². The van der Waals surface area contributed by atoms with Crippen LogP contribution in [0.15, 0.2) is 54.6 Å². The van der Waals surface area contributed by atoms with Crippen molar-refractivity contribution in [3.05, 3.63) is 70.7 Å². The third-order valence-corrected chi connectivity index (χ3v) is 3.48. The second-order valence-corrected chi connectivity index (χ2v) is 4.98. The Morgan fingerprint density at radius 3 is 2.48 bits per heavy atom. The van der Waals surface area contributed by atoms with Crippen LogP contribution in [0.25, 0.3) is 0 Å². The molecule has 0 bridgehead atoms. The highest BCUT2D eigenvalue weighted by Gasteiger charge is 2.21. The zero-order valence-corrected chi connectivity index (χ0v) is 12.6. The number of halogens is 1. The number of carbonyl (C=O) groups excluding carboxylic acids is 1. The summed E-state index contributed by atoms with van der Waals surface area (Å²) in [6.45, 7) is 2.65. The molecule has 1 atom stereocenters. The molecule has 0 radical (unpaired) electrons. The largest absolute Gasteiger partial charge is 0.465 e. The zero-order valence-electron chi connectivity index (χ0n) is 11.9. The van der Waals surface area contributed by atoms with Crippen LogP contribution in [0.5, 0.6) is 0 Å². The van der Waals surface area contributed by atoms with Crippen molar-refractivity contribution in [2.75, 3.05) is 6.61 Å². The number of hydrogen-bond donors (Lipinski definition) is 1. The first-order chi connectivity index (χ1) is 10.2. The molecule has 0 aromatic heterocycles. The van der Waals surface area contributed by atoms with Gasteiger partial charge in [-0.1, -0.05) is 60.1 Å². The van der Waals surface area contributed by atoms with E-state index < -0.39 is 6.04 Å². The van der Waals surface area contributed by atoms with E-state index in [4.69, 9.17) is 16.3 Å². The first-order valence-corrected chi connectivity index (χ1v) is 7.28. The lowest BCUT2D eigenvalue weighted by molar-refractivity contribution is -0.145. The Morgan fingerprint density at radius 1 is 1.14 bits per heavy atom. The van der Waals surface area contributed by atoms with Crippen LogP contribution in [-0.4, -0.2) is 12.6 Å². The predicted octanol–water partition coefficient (Wildman–Crippen LogP) is 3.73. The van der Waals surface area contributed by atoms with Gasteiger partial charge in [-0.25, -0.2) is 4.79 Å². The lowest BCUT2D eigenvalue weighted by Gasteiger charge is -2.18.